The predicted octanol–water partition coefficient (Wildman–Crippen LogP) is 4.45. The van der Waals surface area contributed by atoms with Crippen LogP contribution in [0, 0.1) is 0 Å². The van der Waals surface area contributed by atoms with E-state index in [9.17, 15) is 0 Å². The third-order valence-electron chi connectivity index (χ3n) is 2.94. The minimum absolute atomic E-state index is 0.427. The molecule has 0 saturated carbocycles. The van der Waals surface area contributed by atoms with Crippen molar-refractivity contribution in [2.45, 2.75) is 28.6 Å². The van der Waals surface area contributed by atoms with E-state index in [4.69, 9.17) is 5.73 Å². The fourth-order valence-electron chi connectivity index (χ4n) is 1.90. The maximum atomic E-state index is 6.07. The molecule has 3 nitrogen and oxygen atoms in total. The van der Waals surface area contributed by atoms with Crippen LogP contribution in [0.3, 0.4) is 0 Å². The molecular weight excluding hydrogens is 369 g/mol. The minimum Gasteiger partial charge on any atom is -0.384 e. The SMILES string of the molecule is CCCC(I)c1cc(N)n(-c2ccc(SC)cc2)n1. The van der Waals surface area contributed by atoms with Crippen molar-refractivity contribution in [3.8, 4) is 5.69 Å². The Hall–Kier alpha value is -0.690. The van der Waals surface area contributed by atoms with E-state index in [0.717, 1.165) is 24.2 Å². The predicted molar refractivity (Wildman–Crippen MR) is 91.4 cm³/mol. The fraction of sp³-hybridized carbons (Fsp3) is 0.357. The molecule has 0 aliphatic heterocycles. The van der Waals surface area contributed by atoms with E-state index in [2.05, 4.69) is 65.1 Å². The van der Waals surface area contributed by atoms with E-state index in [1.165, 1.54) is 4.90 Å². The summed E-state index contributed by atoms with van der Waals surface area (Å²) < 4.78 is 2.25. The maximum absolute atomic E-state index is 6.07. The van der Waals surface area contributed by atoms with Crippen molar-refractivity contribution in [1.82, 2.24) is 9.78 Å². The van der Waals surface area contributed by atoms with Gasteiger partial charge in [0.15, 0.2) is 0 Å². The lowest BCUT2D eigenvalue weighted by Gasteiger charge is -2.06. The van der Waals surface area contributed by atoms with Gasteiger partial charge in [0.05, 0.1) is 15.3 Å². The highest BCUT2D eigenvalue weighted by molar-refractivity contribution is 14.1. The number of nitrogens with zero attached hydrogens (tertiary/aromatic N) is 2. The summed E-state index contributed by atoms with van der Waals surface area (Å²) in [7, 11) is 0. The van der Waals surface area contributed by atoms with E-state index in [1.807, 2.05) is 10.7 Å². The number of alkyl halides is 1. The molecular formula is C14H18IN3S. The zero-order chi connectivity index (χ0) is 13.8. The number of aromatic nitrogens is 2. The number of halogens is 1. The molecule has 5 heteroatoms. The van der Waals surface area contributed by atoms with Gasteiger partial charge in [-0.2, -0.15) is 5.10 Å². The first-order chi connectivity index (χ1) is 9.15. The van der Waals surface area contributed by atoms with Gasteiger partial charge < -0.3 is 5.73 Å². The van der Waals surface area contributed by atoms with Gasteiger partial charge in [-0.15, -0.1) is 11.8 Å². The molecule has 1 aromatic carbocycles. The summed E-state index contributed by atoms with van der Waals surface area (Å²) in [6, 6.07) is 10.3. The molecule has 2 rings (SSSR count). The summed E-state index contributed by atoms with van der Waals surface area (Å²) in [5.41, 5.74) is 8.15. The molecule has 1 heterocycles. The first-order valence-corrected chi connectivity index (χ1v) is 8.76. The molecule has 0 saturated heterocycles. The van der Waals surface area contributed by atoms with Crippen LogP contribution in [0.5, 0.6) is 0 Å². The topological polar surface area (TPSA) is 43.8 Å². The average molecular weight is 387 g/mol. The molecule has 0 aliphatic rings. The molecule has 1 unspecified atom stereocenters. The molecule has 2 N–H and O–H groups in total. The normalized spacial score (nSPS) is 12.6. The Morgan fingerprint density at radius 2 is 2.05 bits per heavy atom. The molecule has 1 aromatic heterocycles. The highest BCUT2D eigenvalue weighted by Gasteiger charge is 2.13. The number of nitrogen functional groups attached to an aromatic ring is 1. The third kappa shape index (κ3) is 3.45. The zero-order valence-electron chi connectivity index (χ0n) is 11.1. The second kappa shape index (κ2) is 6.65. The van der Waals surface area contributed by atoms with E-state index in [-0.39, 0.29) is 0 Å². The number of anilines is 1. The van der Waals surface area contributed by atoms with Crippen LogP contribution >= 0.6 is 34.4 Å². The molecule has 0 spiro atoms. The summed E-state index contributed by atoms with van der Waals surface area (Å²) in [6.45, 7) is 2.19. The van der Waals surface area contributed by atoms with Gasteiger partial charge in [-0.1, -0.05) is 35.9 Å². The van der Waals surface area contributed by atoms with Crippen LogP contribution < -0.4 is 5.73 Å². The van der Waals surface area contributed by atoms with Crippen LogP contribution in [-0.4, -0.2) is 16.0 Å². The standard InChI is InChI=1S/C14H18IN3S/c1-3-4-12(15)13-9-14(16)18(17-13)10-5-7-11(19-2)8-6-10/h5-9,12H,3-4,16H2,1-2H3. The van der Waals surface area contributed by atoms with E-state index in [0.29, 0.717) is 9.74 Å². The monoisotopic (exact) mass is 387 g/mol. The van der Waals surface area contributed by atoms with Crippen LogP contribution in [0.15, 0.2) is 35.2 Å². The first kappa shape index (κ1) is 14.7. The number of nitrogens with two attached hydrogens (primary N) is 1. The average Bonchev–Trinajstić information content (AvgIpc) is 2.81. The Bertz CT molecular complexity index is 536. The molecule has 0 bridgehead atoms. The van der Waals surface area contributed by atoms with E-state index < -0.39 is 0 Å². The Balaban J connectivity index is 2.28. The van der Waals surface area contributed by atoms with Gasteiger partial charge in [0.25, 0.3) is 0 Å². The van der Waals surface area contributed by atoms with Gasteiger partial charge in [0, 0.05) is 11.0 Å². The Labute approximate surface area is 132 Å². The van der Waals surface area contributed by atoms with Crippen LogP contribution in [0.1, 0.15) is 29.4 Å². The summed E-state index contributed by atoms with van der Waals surface area (Å²) in [5, 5.41) is 4.63. The van der Waals surface area contributed by atoms with Crippen LogP contribution in [-0.2, 0) is 0 Å². The second-order valence-corrected chi connectivity index (χ2v) is 6.74. The van der Waals surface area contributed by atoms with E-state index >= 15 is 0 Å². The Kier molecular flexibility index (Phi) is 5.15. The van der Waals surface area contributed by atoms with Crippen molar-refractivity contribution in [2.75, 3.05) is 12.0 Å². The van der Waals surface area contributed by atoms with Crippen molar-refractivity contribution in [1.29, 1.82) is 0 Å². The van der Waals surface area contributed by atoms with Gasteiger partial charge in [-0.3, -0.25) is 0 Å². The second-order valence-electron chi connectivity index (χ2n) is 4.36. The van der Waals surface area contributed by atoms with Crippen molar-refractivity contribution in [3.63, 3.8) is 0 Å². The minimum atomic E-state index is 0.427. The third-order valence-corrected chi connectivity index (χ3v) is 4.94. The van der Waals surface area contributed by atoms with Gasteiger partial charge >= 0.3 is 0 Å². The van der Waals surface area contributed by atoms with Crippen molar-refractivity contribution >= 4 is 40.2 Å². The summed E-state index contributed by atoms with van der Waals surface area (Å²) in [5.74, 6) is 0.699. The molecule has 1 atom stereocenters. The lowest BCUT2D eigenvalue weighted by Crippen LogP contribution is -2.02. The lowest BCUT2D eigenvalue weighted by molar-refractivity contribution is 0.757. The maximum Gasteiger partial charge on any atom is 0.127 e. The molecule has 0 fully saturated rings. The van der Waals surface area contributed by atoms with Crippen LogP contribution in [0.4, 0.5) is 5.82 Å². The summed E-state index contributed by atoms with van der Waals surface area (Å²) in [6.07, 6.45) is 4.35. The Morgan fingerprint density at radius 3 is 2.63 bits per heavy atom. The number of rotatable bonds is 5. The van der Waals surface area contributed by atoms with Gasteiger partial charge in [-0.05, 0) is 36.9 Å². The quantitative estimate of drug-likeness (QED) is 0.468. The first-order valence-electron chi connectivity index (χ1n) is 6.29. The van der Waals surface area contributed by atoms with E-state index in [1.54, 1.807) is 11.8 Å². The molecule has 0 amide bonds. The number of hydrogen-bond donors (Lipinski definition) is 1. The van der Waals surface area contributed by atoms with Crippen molar-refractivity contribution < 1.29 is 0 Å². The number of benzene rings is 1. The molecule has 2 aromatic rings. The lowest BCUT2D eigenvalue weighted by atomic mass is 10.2. The smallest absolute Gasteiger partial charge is 0.127 e. The van der Waals surface area contributed by atoms with Gasteiger partial charge in [0.1, 0.15) is 5.82 Å². The van der Waals surface area contributed by atoms with Crippen molar-refractivity contribution in [2.24, 2.45) is 0 Å². The molecule has 19 heavy (non-hydrogen) atoms. The molecule has 0 aliphatic carbocycles. The van der Waals surface area contributed by atoms with Crippen LogP contribution in [0.2, 0.25) is 0 Å². The van der Waals surface area contributed by atoms with Crippen LogP contribution in [0.25, 0.3) is 5.69 Å². The number of thioether (sulfide) groups is 1. The molecule has 102 valence electrons. The summed E-state index contributed by atoms with van der Waals surface area (Å²) >= 11 is 4.16. The largest absolute Gasteiger partial charge is 0.384 e. The Morgan fingerprint density at radius 1 is 1.37 bits per heavy atom. The highest BCUT2D eigenvalue weighted by Crippen LogP contribution is 2.29. The van der Waals surface area contributed by atoms with Gasteiger partial charge in [-0.25, -0.2) is 4.68 Å². The van der Waals surface area contributed by atoms with Gasteiger partial charge in [0.2, 0.25) is 0 Å². The number of hydrogen-bond acceptors (Lipinski definition) is 3. The fourth-order valence-corrected chi connectivity index (χ4v) is 3.23. The summed E-state index contributed by atoms with van der Waals surface area (Å²) in [4.78, 5) is 1.24. The highest BCUT2D eigenvalue weighted by atomic mass is 127. The zero-order valence-corrected chi connectivity index (χ0v) is 14.1. The van der Waals surface area contributed by atoms with Crippen molar-refractivity contribution in [3.05, 3.63) is 36.0 Å². The molecule has 0 radical (unpaired) electrons.